The first-order valence-corrected chi connectivity index (χ1v) is 3.85. The number of nitrogens with zero attached hydrogens (tertiary/aromatic N) is 1. The number of unbranched alkanes of at least 4 members (excludes halogenated alkanes) is 1. The third-order valence-corrected chi connectivity index (χ3v) is 1.55. The van der Waals surface area contributed by atoms with E-state index >= 15 is 0 Å². The number of ketones is 1. The molecule has 2 N–H and O–H groups in total. The highest BCUT2D eigenvalue weighted by Crippen LogP contribution is 1.97. The first-order chi connectivity index (χ1) is 5.18. The molecule has 0 unspecified atom stereocenters. The highest BCUT2D eigenvalue weighted by molar-refractivity contribution is 5.81. The number of nitrogens with two attached hydrogens (primary N) is 1. The summed E-state index contributed by atoms with van der Waals surface area (Å²) in [6.07, 6.45) is 4.46. The van der Waals surface area contributed by atoms with Crippen LogP contribution in [-0.2, 0) is 4.79 Å². The normalized spacial score (nSPS) is 13.7. The predicted octanol–water partition coefficient (Wildman–Crippen LogP) is 0.774. The average molecular weight is 156 g/mol. The van der Waals surface area contributed by atoms with Crippen LogP contribution in [0.5, 0.6) is 0 Å². The van der Waals surface area contributed by atoms with Crippen LogP contribution in [0.2, 0.25) is 0 Å². The van der Waals surface area contributed by atoms with Crippen LogP contribution in [0.1, 0.15) is 26.2 Å². The van der Waals surface area contributed by atoms with Gasteiger partial charge in [-0.25, -0.2) is 0 Å². The number of rotatable bonds is 5. The summed E-state index contributed by atoms with van der Waals surface area (Å²) in [6.45, 7) is 1.53. The van der Waals surface area contributed by atoms with Crippen molar-refractivity contribution >= 4 is 12.0 Å². The maximum absolute atomic E-state index is 10.6. The minimum Gasteiger partial charge on any atom is -0.322 e. The molecule has 11 heavy (non-hydrogen) atoms. The van der Waals surface area contributed by atoms with Crippen LogP contribution in [0.4, 0.5) is 0 Å². The van der Waals surface area contributed by atoms with Crippen LogP contribution in [0, 0.1) is 0 Å². The fraction of sp³-hybridized carbons (Fsp3) is 0.750. The molecule has 0 aromatic heterocycles. The largest absolute Gasteiger partial charge is 0.322 e. The maximum atomic E-state index is 10.6. The molecular formula is C8H16N2O. The van der Waals surface area contributed by atoms with E-state index in [4.69, 9.17) is 5.73 Å². The summed E-state index contributed by atoms with van der Waals surface area (Å²) in [5.74, 6) is 0.0680. The molecule has 0 aliphatic rings. The van der Waals surface area contributed by atoms with Gasteiger partial charge in [0, 0.05) is 7.05 Å². The molecule has 0 aliphatic heterocycles. The van der Waals surface area contributed by atoms with Crippen molar-refractivity contribution in [2.75, 3.05) is 7.05 Å². The average Bonchev–Trinajstić information content (AvgIpc) is 1.97. The number of hydrogen-bond acceptors (Lipinski definition) is 3. The highest BCUT2D eigenvalue weighted by atomic mass is 16.1. The van der Waals surface area contributed by atoms with Gasteiger partial charge in [0.2, 0.25) is 0 Å². The van der Waals surface area contributed by atoms with Crippen LogP contribution < -0.4 is 5.73 Å². The lowest BCUT2D eigenvalue weighted by atomic mass is 10.1. The van der Waals surface area contributed by atoms with Crippen LogP contribution in [0.3, 0.4) is 0 Å². The molecular weight excluding hydrogens is 140 g/mol. The molecule has 0 aliphatic carbocycles. The third kappa shape index (κ3) is 5.73. The smallest absolute Gasteiger partial charge is 0.146 e. The van der Waals surface area contributed by atoms with E-state index in [2.05, 4.69) is 4.99 Å². The Morgan fingerprint density at radius 3 is 2.82 bits per heavy atom. The van der Waals surface area contributed by atoms with Crippen LogP contribution in [0.25, 0.3) is 0 Å². The van der Waals surface area contributed by atoms with Gasteiger partial charge in [0.05, 0.1) is 6.04 Å². The van der Waals surface area contributed by atoms with Crippen LogP contribution in [0.15, 0.2) is 4.99 Å². The summed E-state index contributed by atoms with van der Waals surface area (Å²) in [6, 6.07) is -0.278. The molecule has 0 saturated heterocycles. The van der Waals surface area contributed by atoms with Gasteiger partial charge in [-0.3, -0.25) is 4.79 Å². The Hall–Kier alpha value is -0.700. The van der Waals surface area contributed by atoms with Gasteiger partial charge in [-0.05, 0) is 32.4 Å². The van der Waals surface area contributed by atoms with E-state index in [-0.39, 0.29) is 11.8 Å². The Balaban J connectivity index is 3.31. The van der Waals surface area contributed by atoms with Gasteiger partial charge in [0.15, 0.2) is 0 Å². The lowest BCUT2D eigenvalue weighted by Gasteiger charge is -2.04. The molecule has 0 amide bonds. The van der Waals surface area contributed by atoms with E-state index in [0.29, 0.717) is 0 Å². The monoisotopic (exact) mass is 156 g/mol. The summed E-state index contributed by atoms with van der Waals surface area (Å²) in [4.78, 5) is 14.5. The van der Waals surface area contributed by atoms with Gasteiger partial charge < -0.3 is 10.7 Å². The molecule has 3 nitrogen and oxygen atoms in total. The summed E-state index contributed by atoms with van der Waals surface area (Å²) in [5.41, 5.74) is 5.50. The van der Waals surface area contributed by atoms with Gasteiger partial charge in [-0.15, -0.1) is 0 Å². The van der Waals surface area contributed by atoms with E-state index in [1.54, 1.807) is 7.05 Å². The van der Waals surface area contributed by atoms with E-state index in [1.165, 1.54) is 6.92 Å². The molecule has 3 heteroatoms. The molecule has 0 aromatic carbocycles. The highest BCUT2D eigenvalue weighted by Gasteiger charge is 2.05. The Morgan fingerprint density at radius 2 is 2.36 bits per heavy atom. The maximum Gasteiger partial charge on any atom is 0.146 e. The second kappa shape index (κ2) is 6.04. The van der Waals surface area contributed by atoms with Crippen molar-refractivity contribution < 1.29 is 4.79 Å². The molecule has 0 heterocycles. The zero-order valence-corrected chi connectivity index (χ0v) is 7.21. The molecule has 0 radical (unpaired) electrons. The number of aliphatic imine (C=N–C) groups is 1. The number of carbonyl (C=O) groups excluding carboxylic acids is 1. The molecule has 0 fully saturated rings. The fourth-order valence-corrected chi connectivity index (χ4v) is 0.761. The Morgan fingerprint density at radius 1 is 1.73 bits per heavy atom. The van der Waals surface area contributed by atoms with E-state index in [9.17, 15) is 4.79 Å². The lowest BCUT2D eigenvalue weighted by Crippen LogP contribution is -2.27. The molecule has 0 saturated carbocycles. The zero-order valence-electron chi connectivity index (χ0n) is 7.21. The van der Waals surface area contributed by atoms with Crippen molar-refractivity contribution in [2.24, 2.45) is 10.7 Å². The number of carbonyl (C=O) groups is 1. The van der Waals surface area contributed by atoms with Gasteiger partial charge in [-0.1, -0.05) is 0 Å². The topological polar surface area (TPSA) is 55.4 Å². The Labute approximate surface area is 67.7 Å². The fourth-order valence-electron chi connectivity index (χ4n) is 0.761. The SMILES string of the molecule is CN=CCCC[C@H](N)C(C)=O. The Bertz CT molecular complexity index is 143. The van der Waals surface area contributed by atoms with Gasteiger partial charge in [0.25, 0.3) is 0 Å². The minimum atomic E-state index is -0.278. The van der Waals surface area contributed by atoms with Crippen LogP contribution >= 0.6 is 0 Å². The molecule has 0 rings (SSSR count). The molecule has 0 spiro atoms. The molecule has 0 aromatic rings. The summed E-state index contributed by atoms with van der Waals surface area (Å²) in [7, 11) is 1.74. The van der Waals surface area contributed by atoms with Gasteiger partial charge in [0.1, 0.15) is 5.78 Å². The van der Waals surface area contributed by atoms with Crippen LogP contribution in [-0.4, -0.2) is 25.1 Å². The zero-order chi connectivity index (χ0) is 8.69. The van der Waals surface area contributed by atoms with E-state index in [0.717, 1.165) is 19.3 Å². The third-order valence-electron chi connectivity index (χ3n) is 1.55. The summed E-state index contributed by atoms with van der Waals surface area (Å²) >= 11 is 0. The van der Waals surface area contributed by atoms with Crippen molar-refractivity contribution in [2.45, 2.75) is 32.2 Å². The Kier molecular flexibility index (Phi) is 5.65. The van der Waals surface area contributed by atoms with Crippen molar-refractivity contribution in [1.82, 2.24) is 0 Å². The second-order valence-electron chi connectivity index (χ2n) is 2.59. The van der Waals surface area contributed by atoms with Crippen molar-refractivity contribution in [3.05, 3.63) is 0 Å². The first-order valence-electron chi connectivity index (χ1n) is 3.85. The standard InChI is InChI=1S/C8H16N2O/c1-7(11)8(9)5-3-4-6-10-2/h6,8H,3-5,9H2,1-2H3/t8-/m0/s1. The quantitative estimate of drug-likeness (QED) is 0.472. The summed E-state index contributed by atoms with van der Waals surface area (Å²) in [5, 5.41) is 0. The van der Waals surface area contributed by atoms with Crippen molar-refractivity contribution in [3.63, 3.8) is 0 Å². The van der Waals surface area contributed by atoms with E-state index in [1.807, 2.05) is 6.21 Å². The van der Waals surface area contributed by atoms with E-state index < -0.39 is 0 Å². The van der Waals surface area contributed by atoms with Gasteiger partial charge in [-0.2, -0.15) is 0 Å². The lowest BCUT2D eigenvalue weighted by molar-refractivity contribution is -0.118. The number of hydrogen-bond donors (Lipinski definition) is 1. The molecule has 64 valence electrons. The number of Topliss-reactive ketones (excluding diaryl/α,β-unsaturated/α-hetero) is 1. The van der Waals surface area contributed by atoms with Gasteiger partial charge >= 0.3 is 0 Å². The second-order valence-corrected chi connectivity index (χ2v) is 2.59. The van der Waals surface area contributed by atoms with Crippen molar-refractivity contribution in [1.29, 1.82) is 0 Å². The minimum absolute atomic E-state index is 0.0680. The van der Waals surface area contributed by atoms with Crippen molar-refractivity contribution in [3.8, 4) is 0 Å². The molecule has 1 atom stereocenters. The first kappa shape index (κ1) is 10.3. The molecule has 0 bridgehead atoms. The predicted molar refractivity (Wildman–Crippen MR) is 46.9 cm³/mol. The summed E-state index contributed by atoms with van der Waals surface area (Å²) < 4.78 is 0.